The van der Waals surface area contributed by atoms with Gasteiger partial charge in [0.2, 0.25) is 5.91 Å². The highest BCUT2D eigenvalue weighted by Crippen LogP contribution is 2.33. The number of rotatable bonds is 7. The number of carbonyl (C=O) groups is 2. The third-order valence-corrected chi connectivity index (χ3v) is 5.45. The number of Topliss-reactive ketones (excluding diaryl/α,β-unsaturated/α-hetero) is 1. The molecule has 0 unspecified atom stereocenters. The first-order valence-corrected chi connectivity index (χ1v) is 9.59. The summed E-state index contributed by atoms with van der Waals surface area (Å²) in [6.45, 7) is 0. The van der Waals surface area contributed by atoms with Crippen molar-refractivity contribution in [3.63, 3.8) is 0 Å². The lowest BCUT2D eigenvalue weighted by molar-refractivity contribution is -0.384. The Morgan fingerprint density at radius 2 is 1.82 bits per heavy atom. The lowest BCUT2D eigenvalue weighted by Gasteiger charge is -2.28. The number of carbonyl (C=O) groups excluding carboxylic acids is 2. The Morgan fingerprint density at radius 3 is 2.43 bits per heavy atom. The maximum absolute atomic E-state index is 12.7. The van der Waals surface area contributed by atoms with Gasteiger partial charge in [0.1, 0.15) is 5.76 Å². The predicted molar refractivity (Wildman–Crippen MR) is 104 cm³/mol. The molecule has 1 fully saturated rings. The summed E-state index contributed by atoms with van der Waals surface area (Å²) in [5.41, 5.74) is 0.646. The number of ketones is 1. The van der Waals surface area contributed by atoms with Crippen LogP contribution in [0.15, 0.2) is 40.8 Å². The number of nitro benzene ring substituents is 1. The Bertz CT molecular complexity index is 850. The van der Waals surface area contributed by atoms with E-state index in [2.05, 4.69) is 5.32 Å². The van der Waals surface area contributed by atoms with E-state index in [1.54, 1.807) is 31.3 Å². The third kappa shape index (κ3) is 4.47. The van der Waals surface area contributed by atoms with Crippen LogP contribution in [-0.4, -0.2) is 23.7 Å². The summed E-state index contributed by atoms with van der Waals surface area (Å²) in [6, 6.07) is 9.22. The fourth-order valence-electron chi connectivity index (χ4n) is 3.89. The number of nitro groups is 1. The van der Waals surface area contributed by atoms with Crippen molar-refractivity contribution in [2.24, 2.45) is 11.8 Å². The fourth-order valence-corrected chi connectivity index (χ4v) is 3.89. The van der Waals surface area contributed by atoms with Crippen LogP contribution in [0.5, 0.6) is 0 Å². The van der Waals surface area contributed by atoms with Gasteiger partial charge in [-0.05, 0) is 43.0 Å². The van der Waals surface area contributed by atoms with Crippen LogP contribution in [0.4, 0.5) is 5.69 Å². The number of hydrogen-bond acceptors (Lipinski definition) is 5. The minimum Gasteiger partial charge on any atom is -0.453 e. The molecule has 1 aromatic carbocycles. The van der Waals surface area contributed by atoms with Gasteiger partial charge < -0.3 is 9.73 Å². The van der Waals surface area contributed by atoms with Crippen molar-refractivity contribution in [2.75, 3.05) is 7.05 Å². The molecule has 7 nitrogen and oxygen atoms in total. The van der Waals surface area contributed by atoms with Crippen molar-refractivity contribution in [1.82, 2.24) is 5.32 Å². The topological polar surface area (TPSA) is 102 Å². The standard InChI is InChI=1S/C21H24N2O5/c1-22-21(25)17(14-5-3-2-4-6-14)13-18(24)20-12-11-19(28-20)15-7-9-16(10-8-15)23(26)27/h7-12,14,17H,2-6,13H2,1H3,(H,22,25)/t17-/m0/s1. The van der Waals surface area contributed by atoms with Crippen molar-refractivity contribution in [3.8, 4) is 11.3 Å². The van der Waals surface area contributed by atoms with E-state index in [9.17, 15) is 19.7 Å². The summed E-state index contributed by atoms with van der Waals surface area (Å²) in [4.78, 5) is 35.4. The molecule has 1 aliphatic carbocycles. The third-order valence-electron chi connectivity index (χ3n) is 5.45. The molecular weight excluding hydrogens is 360 g/mol. The first-order chi connectivity index (χ1) is 13.5. The fraction of sp³-hybridized carbons (Fsp3) is 0.429. The van der Waals surface area contributed by atoms with E-state index in [-0.39, 0.29) is 41.4 Å². The molecule has 1 aromatic heterocycles. The van der Waals surface area contributed by atoms with E-state index in [1.807, 2.05) is 0 Å². The van der Waals surface area contributed by atoms with E-state index in [1.165, 1.54) is 18.6 Å². The Hall–Kier alpha value is -2.96. The summed E-state index contributed by atoms with van der Waals surface area (Å²) in [5.74, 6) is 0.257. The molecule has 1 heterocycles. The summed E-state index contributed by atoms with van der Waals surface area (Å²) in [7, 11) is 1.60. The van der Waals surface area contributed by atoms with Gasteiger partial charge in [-0.15, -0.1) is 0 Å². The van der Waals surface area contributed by atoms with Gasteiger partial charge in [0.15, 0.2) is 11.5 Å². The molecule has 1 aliphatic rings. The largest absolute Gasteiger partial charge is 0.453 e. The van der Waals surface area contributed by atoms with Crippen LogP contribution in [0.3, 0.4) is 0 Å². The van der Waals surface area contributed by atoms with Gasteiger partial charge in [-0.2, -0.15) is 0 Å². The molecule has 28 heavy (non-hydrogen) atoms. The second-order valence-corrected chi connectivity index (χ2v) is 7.21. The number of amides is 1. The molecule has 1 N–H and O–H groups in total. The number of benzene rings is 1. The molecule has 1 saturated carbocycles. The van der Waals surface area contributed by atoms with Gasteiger partial charge in [-0.3, -0.25) is 19.7 Å². The number of nitrogens with one attached hydrogen (secondary N) is 1. The Morgan fingerprint density at radius 1 is 1.14 bits per heavy atom. The van der Waals surface area contributed by atoms with Crippen LogP contribution in [-0.2, 0) is 4.79 Å². The zero-order valence-corrected chi connectivity index (χ0v) is 15.8. The number of furan rings is 1. The molecule has 1 atom stereocenters. The van der Waals surface area contributed by atoms with Gasteiger partial charge in [0, 0.05) is 37.1 Å². The highest BCUT2D eigenvalue weighted by molar-refractivity contribution is 5.97. The molecule has 3 rings (SSSR count). The quantitative estimate of drug-likeness (QED) is 0.434. The molecule has 0 radical (unpaired) electrons. The van der Waals surface area contributed by atoms with Crippen molar-refractivity contribution < 1.29 is 18.9 Å². The van der Waals surface area contributed by atoms with Crippen LogP contribution in [0.2, 0.25) is 0 Å². The van der Waals surface area contributed by atoms with Crippen LogP contribution in [0.25, 0.3) is 11.3 Å². The highest BCUT2D eigenvalue weighted by atomic mass is 16.6. The lowest BCUT2D eigenvalue weighted by atomic mass is 9.77. The number of hydrogen-bond donors (Lipinski definition) is 1. The number of nitrogens with zero attached hydrogens (tertiary/aromatic N) is 1. The van der Waals surface area contributed by atoms with Gasteiger partial charge >= 0.3 is 0 Å². The Balaban J connectivity index is 1.73. The molecular formula is C21H24N2O5. The zero-order chi connectivity index (χ0) is 20.1. The lowest BCUT2D eigenvalue weighted by Crippen LogP contribution is -2.35. The monoisotopic (exact) mass is 384 g/mol. The van der Waals surface area contributed by atoms with Crippen molar-refractivity contribution in [3.05, 3.63) is 52.3 Å². The minimum atomic E-state index is -0.467. The molecule has 2 aromatic rings. The molecule has 1 amide bonds. The summed E-state index contributed by atoms with van der Waals surface area (Å²) < 4.78 is 5.68. The highest BCUT2D eigenvalue weighted by Gasteiger charge is 2.31. The minimum absolute atomic E-state index is 0.00694. The van der Waals surface area contributed by atoms with E-state index in [4.69, 9.17) is 4.42 Å². The SMILES string of the molecule is CNC(=O)[C@@H](CC(=O)c1ccc(-c2ccc([N+](=O)[O-])cc2)o1)C1CCCCC1. The smallest absolute Gasteiger partial charge is 0.269 e. The van der Waals surface area contributed by atoms with Gasteiger partial charge in [-0.25, -0.2) is 0 Å². The maximum atomic E-state index is 12.7. The zero-order valence-electron chi connectivity index (χ0n) is 15.8. The van der Waals surface area contributed by atoms with Crippen LogP contribution < -0.4 is 5.32 Å². The van der Waals surface area contributed by atoms with Crippen LogP contribution in [0, 0.1) is 22.0 Å². The molecule has 148 valence electrons. The molecule has 0 saturated heterocycles. The van der Waals surface area contributed by atoms with Gasteiger partial charge in [-0.1, -0.05) is 19.3 Å². The normalized spacial score (nSPS) is 15.8. The summed E-state index contributed by atoms with van der Waals surface area (Å²) in [5, 5.41) is 13.4. The second kappa shape index (κ2) is 8.82. The average Bonchev–Trinajstić information content (AvgIpc) is 3.22. The molecule has 0 aliphatic heterocycles. The average molecular weight is 384 g/mol. The van der Waals surface area contributed by atoms with E-state index in [0.717, 1.165) is 25.7 Å². The Labute approximate surface area is 163 Å². The summed E-state index contributed by atoms with van der Waals surface area (Å²) >= 11 is 0. The van der Waals surface area contributed by atoms with Crippen LogP contribution in [0.1, 0.15) is 49.1 Å². The van der Waals surface area contributed by atoms with Crippen molar-refractivity contribution in [1.29, 1.82) is 0 Å². The Kier molecular flexibility index (Phi) is 6.23. The van der Waals surface area contributed by atoms with E-state index < -0.39 is 4.92 Å². The predicted octanol–water partition coefficient (Wildman–Crippen LogP) is 4.37. The van der Waals surface area contributed by atoms with E-state index >= 15 is 0 Å². The maximum Gasteiger partial charge on any atom is 0.269 e. The van der Waals surface area contributed by atoms with Crippen molar-refractivity contribution >= 4 is 17.4 Å². The molecule has 7 heteroatoms. The molecule has 0 spiro atoms. The van der Waals surface area contributed by atoms with Crippen LogP contribution >= 0.6 is 0 Å². The van der Waals surface area contributed by atoms with Gasteiger partial charge in [0.25, 0.3) is 5.69 Å². The number of non-ortho nitro benzene ring substituents is 1. The first kappa shape index (κ1) is 19.8. The second-order valence-electron chi connectivity index (χ2n) is 7.21. The molecule has 0 bridgehead atoms. The van der Waals surface area contributed by atoms with Gasteiger partial charge in [0.05, 0.1) is 4.92 Å². The summed E-state index contributed by atoms with van der Waals surface area (Å²) in [6.07, 6.45) is 5.43. The van der Waals surface area contributed by atoms with Crippen molar-refractivity contribution in [2.45, 2.75) is 38.5 Å². The first-order valence-electron chi connectivity index (χ1n) is 9.59. The van der Waals surface area contributed by atoms with E-state index in [0.29, 0.717) is 11.3 Å².